The number of allylic oxidation sites excluding steroid dienone is 1. The van der Waals surface area contributed by atoms with Crippen molar-refractivity contribution in [3.05, 3.63) is 47.7 Å². The van der Waals surface area contributed by atoms with Crippen LogP contribution in [-0.2, 0) is 16.1 Å². The lowest BCUT2D eigenvalue weighted by molar-refractivity contribution is -0.133. The molecule has 20 heavy (non-hydrogen) atoms. The van der Waals surface area contributed by atoms with Gasteiger partial charge in [-0.3, -0.25) is 5.32 Å². The average molecular weight is 277 g/mol. The topological polar surface area (TPSA) is 75.6 Å². The number of hydrogen-bond donors (Lipinski definition) is 2. The minimum atomic E-state index is -1.17. The summed E-state index contributed by atoms with van der Waals surface area (Å²) in [5.41, 5.74) is 0.700. The summed E-state index contributed by atoms with van der Waals surface area (Å²) in [7, 11) is 0. The summed E-state index contributed by atoms with van der Waals surface area (Å²) in [6.45, 7) is 2.12. The lowest BCUT2D eigenvalue weighted by Crippen LogP contribution is -2.27. The lowest BCUT2D eigenvalue weighted by Gasteiger charge is -2.07. The van der Waals surface area contributed by atoms with Gasteiger partial charge >= 0.3 is 12.1 Å². The van der Waals surface area contributed by atoms with Crippen molar-refractivity contribution >= 4 is 12.1 Å². The molecule has 1 aromatic rings. The van der Waals surface area contributed by atoms with Crippen LogP contribution in [0.1, 0.15) is 31.7 Å². The Hall–Kier alpha value is -2.30. The second kappa shape index (κ2) is 8.74. The Balaban J connectivity index is 2.46. The molecule has 0 fully saturated rings. The maximum absolute atomic E-state index is 11.5. The normalized spacial score (nSPS) is 10.9. The van der Waals surface area contributed by atoms with Crippen molar-refractivity contribution in [3.63, 3.8) is 0 Å². The van der Waals surface area contributed by atoms with Gasteiger partial charge in [-0.1, -0.05) is 49.8 Å². The number of nitrogens with one attached hydrogen (secondary N) is 1. The summed E-state index contributed by atoms with van der Waals surface area (Å²) in [5.74, 6) is -1.17. The molecule has 0 heterocycles. The number of carboxylic acids is 1. The van der Waals surface area contributed by atoms with Crippen LogP contribution in [0.15, 0.2) is 42.1 Å². The summed E-state index contributed by atoms with van der Waals surface area (Å²) in [6.07, 6.45) is 3.17. The van der Waals surface area contributed by atoms with Gasteiger partial charge in [0.15, 0.2) is 0 Å². The lowest BCUT2D eigenvalue weighted by atomic mass is 10.2. The highest BCUT2D eigenvalue weighted by Crippen LogP contribution is 2.03. The van der Waals surface area contributed by atoms with E-state index in [1.807, 2.05) is 37.3 Å². The smallest absolute Gasteiger partial charge is 0.412 e. The van der Waals surface area contributed by atoms with Crippen LogP contribution in [-0.4, -0.2) is 17.2 Å². The Morgan fingerprint density at radius 1 is 1.30 bits per heavy atom. The highest BCUT2D eigenvalue weighted by molar-refractivity contribution is 5.90. The summed E-state index contributed by atoms with van der Waals surface area (Å²) in [5, 5.41) is 11.2. The van der Waals surface area contributed by atoms with Crippen molar-refractivity contribution < 1.29 is 19.4 Å². The Morgan fingerprint density at radius 3 is 2.60 bits per heavy atom. The monoisotopic (exact) mass is 277 g/mol. The number of hydrogen-bond acceptors (Lipinski definition) is 3. The molecule has 0 unspecified atom stereocenters. The van der Waals surface area contributed by atoms with Crippen LogP contribution < -0.4 is 5.32 Å². The molecule has 1 rings (SSSR count). The number of carbonyl (C=O) groups excluding carboxylic acids is 1. The number of aliphatic carboxylic acids is 1. The predicted molar refractivity (Wildman–Crippen MR) is 75.0 cm³/mol. The zero-order valence-corrected chi connectivity index (χ0v) is 11.5. The van der Waals surface area contributed by atoms with Crippen molar-refractivity contribution in [3.8, 4) is 0 Å². The molecule has 0 aliphatic rings. The van der Waals surface area contributed by atoms with Gasteiger partial charge in [-0.25, -0.2) is 9.59 Å². The van der Waals surface area contributed by atoms with Gasteiger partial charge in [-0.05, 0) is 18.4 Å². The zero-order chi connectivity index (χ0) is 14.8. The number of carboxylic acid groups (broad SMARTS) is 1. The van der Waals surface area contributed by atoms with Crippen LogP contribution in [0.25, 0.3) is 0 Å². The third-order valence-corrected chi connectivity index (χ3v) is 2.59. The van der Waals surface area contributed by atoms with Crippen molar-refractivity contribution in [1.82, 2.24) is 5.32 Å². The molecule has 0 saturated carbocycles. The first kappa shape index (κ1) is 15.8. The van der Waals surface area contributed by atoms with Gasteiger partial charge in [-0.15, -0.1) is 0 Å². The minimum absolute atomic E-state index is 0.106. The molecule has 1 aromatic carbocycles. The Morgan fingerprint density at radius 2 is 2.00 bits per heavy atom. The van der Waals surface area contributed by atoms with E-state index in [2.05, 4.69) is 5.32 Å². The first-order valence-corrected chi connectivity index (χ1v) is 6.54. The fourth-order valence-electron chi connectivity index (χ4n) is 1.51. The quantitative estimate of drug-likeness (QED) is 0.593. The van der Waals surface area contributed by atoms with Crippen molar-refractivity contribution in [2.75, 3.05) is 0 Å². The molecule has 5 heteroatoms. The van der Waals surface area contributed by atoms with Gasteiger partial charge in [-0.2, -0.15) is 0 Å². The molecule has 0 atom stereocenters. The number of amides is 1. The molecule has 0 aliphatic heterocycles. The molecule has 108 valence electrons. The van der Waals surface area contributed by atoms with Crippen molar-refractivity contribution in [2.24, 2.45) is 0 Å². The number of ether oxygens (including phenoxy) is 1. The molecule has 5 nitrogen and oxygen atoms in total. The number of unbranched alkanes of at least 4 members (excludes halogenated alkanes) is 2. The maximum atomic E-state index is 11.5. The first-order valence-electron chi connectivity index (χ1n) is 6.54. The minimum Gasteiger partial charge on any atom is -0.477 e. The van der Waals surface area contributed by atoms with Gasteiger partial charge in [0.1, 0.15) is 12.3 Å². The molecule has 2 N–H and O–H groups in total. The van der Waals surface area contributed by atoms with Crippen LogP contribution in [0, 0.1) is 0 Å². The van der Waals surface area contributed by atoms with E-state index in [4.69, 9.17) is 9.84 Å². The van der Waals surface area contributed by atoms with Gasteiger partial charge in [0, 0.05) is 0 Å². The second-order valence-electron chi connectivity index (χ2n) is 4.25. The molecule has 0 radical (unpaired) electrons. The number of benzene rings is 1. The van der Waals surface area contributed by atoms with E-state index in [1.165, 1.54) is 6.08 Å². The van der Waals surface area contributed by atoms with Crippen LogP contribution in [0.5, 0.6) is 0 Å². The molecule has 0 bridgehead atoms. The Labute approximate surface area is 118 Å². The number of carbonyl (C=O) groups is 2. The van der Waals surface area contributed by atoms with Gasteiger partial charge in [0.05, 0.1) is 0 Å². The van der Waals surface area contributed by atoms with Crippen LogP contribution in [0.2, 0.25) is 0 Å². The molecule has 0 spiro atoms. The number of alkyl carbamates (subject to hydrolysis) is 1. The summed E-state index contributed by atoms with van der Waals surface area (Å²) >= 11 is 0. The molecule has 0 aromatic heterocycles. The summed E-state index contributed by atoms with van der Waals surface area (Å²) in [4.78, 5) is 22.5. The zero-order valence-electron chi connectivity index (χ0n) is 11.5. The van der Waals surface area contributed by atoms with Gasteiger partial charge < -0.3 is 9.84 Å². The molecule has 0 aliphatic carbocycles. The van der Waals surface area contributed by atoms with Gasteiger partial charge in [0.2, 0.25) is 0 Å². The Bertz CT molecular complexity index is 468. The van der Waals surface area contributed by atoms with Crippen molar-refractivity contribution in [1.29, 1.82) is 0 Å². The third-order valence-electron chi connectivity index (χ3n) is 2.59. The van der Waals surface area contributed by atoms with E-state index in [1.54, 1.807) is 0 Å². The molecular formula is C15H19NO4. The largest absolute Gasteiger partial charge is 0.477 e. The van der Waals surface area contributed by atoms with E-state index in [9.17, 15) is 9.59 Å². The third kappa shape index (κ3) is 6.04. The van der Waals surface area contributed by atoms with Crippen molar-refractivity contribution in [2.45, 2.75) is 32.8 Å². The maximum Gasteiger partial charge on any atom is 0.412 e. The Kier molecular flexibility index (Phi) is 6.89. The van der Waals surface area contributed by atoms with Gasteiger partial charge in [0.25, 0.3) is 0 Å². The molecule has 1 amide bonds. The molecular weight excluding hydrogens is 258 g/mol. The molecule has 0 saturated heterocycles. The second-order valence-corrected chi connectivity index (χ2v) is 4.25. The fraction of sp³-hybridized carbons (Fsp3) is 0.333. The van der Waals surface area contributed by atoms with Crippen LogP contribution in [0.3, 0.4) is 0 Å². The highest BCUT2D eigenvalue weighted by Gasteiger charge is 2.11. The number of rotatable bonds is 7. The van der Waals surface area contributed by atoms with E-state index in [0.717, 1.165) is 18.4 Å². The standard InChI is InChI=1S/C15H19NO4/c1-2-3-5-10-13(14(17)18)16-15(19)20-11-12-8-6-4-7-9-12/h4,6-10H,2-3,5,11H2,1H3,(H,16,19)(H,17,18)/b13-10-. The first-order chi connectivity index (χ1) is 9.63. The summed E-state index contributed by atoms with van der Waals surface area (Å²) < 4.78 is 4.96. The average Bonchev–Trinajstić information content (AvgIpc) is 2.45. The fourth-order valence-corrected chi connectivity index (χ4v) is 1.51. The SMILES string of the molecule is CCCC/C=C(\NC(=O)OCc1ccccc1)C(=O)O. The van der Waals surface area contributed by atoms with E-state index in [-0.39, 0.29) is 12.3 Å². The summed E-state index contributed by atoms with van der Waals surface area (Å²) in [6, 6.07) is 9.18. The van der Waals surface area contributed by atoms with E-state index >= 15 is 0 Å². The highest BCUT2D eigenvalue weighted by atomic mass is 16.5. The van der Waals surface area contributed by atoms with Crippen LogP contribution in [0.4, 0.5) is 4.79 Å². The van der Waals surface area contributed by atoms with E-state index in [0.29, 0.717) is 6.42 Å². The van der Waals surface area contributed by atoms with Crippen LogP contribution >= 0.6 is 0 Å². The predicted octanol–water partition coefficient (Wildman–Crippen LogP) is 3.07. The van der Waals surface area contributed by atoms with E-state index < -0.39 is 12.1 Å².